The number of nitrogens with zero attached hydrogens (tertiary/aromatic N) is 2. The Morgan fingerprint density at radius 3 is 2.72 bits per heavy atom. The van der Waals surface area contributed by atoms with Gasteiger partial charge in [-0.05, 0) is 43.7 Å². The molecule has 0 saturated carbocycles. The molecule has 2 fully saturated rings. The molecule has 162 valence electrons. The van der Waals surface area contributed by atoms with E-state index in [1.54, 1.807) is 7.05 Å². The van der Waals surface area contributed by atoms with Crippen molar-refractivity contribution in [1.29, 1.82) is 0 Å². The van der Waals surface area contributed by atoms with Crippen LogP contribution >= 0.6 is 0 Å². The summed E-state index contributed by atoms with van der Waals surface area (Å²) in [4.78, 5) is 6.59. The number of guanidine groups is 1. The van der Waals surface area contributed by atoms with Gasteiger partial charge in [0, 0.05) is 45.3 Å². The second kappa shape index (κ2) is 10.9. The highest BCUT2D eigenvalue weighted by Crippen LogP contribution is 2.20. The molecular formula is C22H33F2N3O2. The molecule has 2 saturated heterocycles. The smallest absolute Gasteiger partial charge is 0.193 e. The standard InChI is InChI=1S/C22H33F2N3O2/c1-16(20-7-6-17(23)13-21(20)24)14-26-22(25-2)27-10-8-18(9-11-27)29-15-19-5-3-4-12-28-19/h6-7,13,16,18-19H,3-5,8-12,14-15H2,1-2H3,(H,25,26). The molecule has 0 aliphatic carbocycles. The van der Waals surface area contributed by atoms with Crippen LogP contribution in [0, 0.1) is 11.6 Å². The van der Waals surface area contributed by atoms with Crippen molar-refractivity contribution < 1.29 is 18.3 Å². The molecule has 5 nitrogen and oxygen atoms in total. The van der Waals surface area contributed by atoms with Crippen LogP contribution < -0.4 is 5.32 Å². The second-order valence-electron chi connectivity index (χ2n) is 8.00. The third-order valence-electron chi connectivity index (χ3n) is 5.80. The topological polar surface area (TPSA) is 46.1 Å². The van der Waals surface area contributed by atoms with E-state index in [9.17, 15) is 8.78 Å². The molecule has 2 aliphatic rings. The molecule has 3 rings (SSSR count). The fourth-order valence-electron chi connectivity index (χ4n) is 4.00. The molecule has 0 spiro atoms. The average molecular weight is 410 g/mol. The maximum atomic E-state index is 14.0. The van der Waals surface area contributed by atoms with Gasteiger partial charge >= 0.3 is 0 Å². The molecule has 2 atom stereocenters. The summed E-state index contributed by atoms with van der Waals surface area (Å²) in [7, 11) is 1.76. The van der Waals surface area contributed by atoms with Crippen LogP contribution in [0.5, 0.6) is 0 Å². The SMILES string of the molecule is CN=C(NCC(C)c1ccc(F)cc1F)N1CCC(OCC2CCCCO2)CC1. The first-order valence-corrected chi connectivity index (χ1v) is 10.7. The fourth-order valence-corrected chi connectivity index (χ4v) is 4.00. The fraction of sp³-hybridized carbons (Fsp3) is 0.682. The van der Waals surface area contributed by atoms with E-state index in [0.717, 1.165) is 57.4 Å². The summed E-state index contributed by atoms with van der Waals surface area (Å²) >= 11 is 0. The minimum atomic E-state index is -0.553. The number of halogens is 2. The van der Waals surface area contributed by atoms with Gasteiger partial charge in [0.05, 0.1) is 18.8 Å². The van der Waals surface area contributed by atoms with E-state index in [-0.39, 0.29) is 18.1 Å². The van der Waals surface area contributed by atoms with Crippen molar-refractivity contribution in [3.8, 4) is 0 Å². The monoisotopic (exact) mass is 409 g/mol. The van der Waals surface area contributed by atoms with Crippen LogP contribution in [0.15, 0.2) is 23.2 Å². The van der Waals surface area contributed by atoms with E-state index in [4.69, 9.17) is 9.47 Å². The Balaban J connectivity index is 1.41. The Labute approximate surface area is 172 Å². The van der Waals surface area contributed by atoms with Crippen LogP contribution in [0.2, 0.25) is 0 Å². The van der Waals surface area contributed by atoms with Crippen molar-refractivity contribution in [3.63, 3.8) is 0 Å². The summed E-state index contributed by atoms with van der Waals surface area (Å²) < 4.78 is 38.9. The number of aliphatic imine (C=N–C) groups is 1. The van der Waals surface area contributed by atoms with Crippen LogP contribution in [-0.2, 0) is 9.47 Å². The summed E-state index contributed by atoms with van der Waals surface area (Å²) in [5, 5.41) is 3.33. The molecule has 2 unspecified atom stereocenters. The molecule has 0 amide bonds. The van der Waals surface area contributed by atoms with Crippen LogP contribution in [0.25, 0.3) is 0 Å². The third-order valence-corrected chi connectivity index (χ3v) is 5.80. The van der Waals surface area contributed by atoms with E-state index in [0.29, 0.717) is 18.7 Å². The largest absolute Gasteiger partial charge is 0.376 e. The predicted molar refractivity (Wildman–Crippen MR) is 110 cm³/mol. The lowest BCUT2D eigenvalue weighted by Gasteiger charge is -2.35. The highest BCUT2D eigenvalue weighted by Gasteiger charge is 2.24. The second-order valence-corrected chi connectivity index (χ2v) is 8.00. The molecule has 29 heavy (non-hydrogen) atoms. The normalized spacial score (nSPS) is 22.6. The highest BCUT2D eigenvalue weighted by atomic mass is 19.1. The van der Waals surface area contributed by atoms with Crippen molar-refractivity contribution in [2.24, 2.45) is 4.99 Å². The Morgan fingerprint density at radius 1 is 1.28 bits per heavy atom. The number of hydrogen-bond acceptors (Lipinski definition) is 3. The summed E-state index contributed by atoms with van der Waals surface area (Å²) in [5.74, 6) is -0.339. The molecular weight excluding hydrogens is 376 g/mol. The van der Waals surface area contributed by atoms with Crippen LogP contribution in [-0.4, -0.2) is 63.0 Å². The van der Waals surface area contributed by atoms with Crippen LogP contribution in [0.4, 0.5) is 8.78 Å². The van der Waals surface area contributed by atoms with Gasteiger partial charge in [-0.2, -0.15) is 0 Å². The quantitative estimate of drug-likeness (QED) is 0.575. The Hall–Kier alpha value is -1.73. The molecule has 7 heteroatoms. The highest BCUT2D eigenvalue weighted by molar-refractivity contribution is 5.80. The molecule has 2 heterocycles. The molecule has 0 bridgehead atoms. The summed E-state index contributed by atoms with van der Waals surface area (Å²) in [5.41, 5.74) is 0.506. The Morgan fingerprint density at radius 2 is 2.07 bits per heavy atom. The first-order valence-electron chi connectivity index (χ1n) is 10.7. The van der Waals surface area contributed by atoms with E-state index < -0.39 is 11.6 Å². The first-order chi connectivity index (χ1) is 14.1. The maximum Gasteiger partial charge on any atom is 0.193 e. The Kier molecular flexibility index (Phi) is 8.24. The lowest BCUT2D eigenvalue weighted by atomic mass is 10.0. The number of nitrogens with one attached hydrogen (secondary N) is 1. The van der Waals surface area contributed by atoms with E-state index in [2.05, 4.69) is 15.2 Å². The van der Waals surface area contributed by atoms with Gasteiger partial charge in [-0.25, -0.2) is 8.78 Å². The summed E-state index contributed by atoms with van der Waals surface area (Å²) in [6, 6.07) is 3.75. The van der Waals surface area contributed by atoms with Gasteiger partial charge < -0.3 is 19.7 Å². The molecule has 1 aromatic rings. The number of hydrogen-bond donors (Lipinski definition) is 1. The van der Waals surface area contributed by atoms with E-state index in [1.165, 1.54) is 18.6 Å². The molecule has 0 radical (unpaired) electrons. The van der Waals surface area contributed by atoms with Crippen molar-refractivity contribution in [3.05, 3.63) is 35.4 Å². The summed E-state index contributed by atoms with van der Waals surface area (Å²) in [6.45, 7) is 5.74. The number of benzene rings is 1. The lowest BCUT2D eigenvalue weighted by Crippen LogP contribution is -2.48. The average Bonchev–Trinajstić information content (AvgIpc) is 2.74. The van der Waals surface area contributed by atoms with E-state index in [1.807, 2.05) is 6.92 Å². The van der Waals surface area contributed by atoms with Gasteiger partial charge in [0.15, 0.2) is 5.96 Å². The van der Waals surface area contributed by atoms with Gasteiger partial charge in [0.1, 0.15) is 11.6 Å². The molecule has 0 aromatic heterocycles. The van der Waals surface area contributed by atoms with Gasteiger partial charge in [-0.15, -0.1) is 0 Å². The number of likely N-dealkylation sites (tertiary alicyclic amines) is 1. The van der Waals surface area contributed by atoms with Crippen molar-refractivity contribution in [2.75, 3.05) is 39.9 Å². The van der Waals surface area contributed by atoms with Gasteiger partial charge in [0.2, 0.25) is 0 Å². The predicted octanol–water partition coefficient (Wildman–Crippen LogP) is 3.69. The van der Waals surface area contributed by atoms with Crippen LogP contribution in [0.1, 0.15) is 50.5 Å². The van der Waals surface area contributed by atoms with E-state index >= 15 is 0 Å². The lowest BCUT2D eigenvalue weighted by molar-refractivity contribution is -0.0721. The first kappa shape index (κ1) is 22.0. The molecule has 2 aliphatic heterocycles. The van der Waals surface area contributed by atoms with Gasteiger partial charge in [0.25, 0.3) is 0 Å². The van der Waals surface area contributed by atoms with Crippen LogP contribution in [0.3, 0.4) is 0 Å². The number of piperidine rings is 1. The van der Waals surface area contributed by atoms with Crippen molar-refractivity contribution in [1.82, 2.24) is 10.2 Å². The minimum absolute atomic E-state index is 0.0938. The van der Waals surface area contributed by atoms with Gasteiger partial charge in [-0.1, -0.05) is 13.0 Å². The zero-order valence-corrected chi connectivity index (χ0v) is 17.5. The maximum absolute atomic E-state index is 14.0. The molecule has 1 aromatic carbocycles. The summed E-state index contributed by atoms with van der Waals surface area (Å²) in [6.07, 6.45) is 5.92. The third kappa shape index (κ3) is 6.37. The number of ether oxygens (including phenoxy) is 2. The van der Waals surface area contributed by atoms with Crippen molar-refractivity contribution >= 4 is 5.96 Å². The zero-order chi connectivity index (χ0) is 20.6. The minimum Gasteiger partial charge on any atom is -0.376 e. The number of rotatable bonds is 6. The Bertz CT molecular complexity index is 672. The zero-order valence-electron chi connectivity index (χ0n) is 17.5. The molecule has 1 N–H and O–H groups in total. The van der Waals surface area contributed by atoms with Crippen molar-refractivity contribution in [2.45, 2.75) is 57.2 Å². The van der Waals surface area contributed by atoms with Gasteiger partial charge in [-0.3, -0.25) is 4.99 Å².